The maximum Gasteiger partial charge on any atom is 0.189 e. The summed E-state index contributed by atoms with van der Waals surface area (Å²) < 4.78 is 5.74. The van der Waals surface area contributed by atoms with Gasteiger partial charge < -0.3 is 4.74 Å². The minimum atomic E-state index is -0.171. The third-order valence-electron chi connectivity index (χ3n) is 2.91. The predicted octanol–water partition coefficient (Wildman–Crippen LogP) is 2.94. The van der Waals surface area contributed by atoms with E-state index in [0.717, 1.165) is 0 Å². The Morgan fingerprint density at radius 3 is 2.65 bits per heavy atom. The average Bonchev–Trinajstić information content (AvgIpc) is 2.73. The molecule has 17 heavy (non-hydrogen) atoms. The molecule has 0 aromatic carbocycles. The number of methoxy groups -OCH3 is 1. The first kappa shape index (κ1) is 14.6. The quantitative estimate of drug-likeness (QED) is 0.748. The number of rotatable bonds is 6. The van der Waals surface area contributed by atoms with Gasteiger partial charge in [0.1, 0.15) is 0 Å². The summed E-state index contributed by atoms with van der Waals surface area (Å²) >= 11 is 7.16. The Balaban J connectivity index is 2.69. The van der Waals surface area contributed by atoms with Crippen LogP contribution in [0.2, 0.25) is 4.34 Å². The number of nitrogens with zero attached hydrogens (tertiary/aromatic N) is 1. The zero-order chi connectivity index (χ0) is 13.0. The summed E-state index contributed by atoms with van der Waals surface area (Å²) in [5.74, 6) is 0.104. The summed E-state index contributed by atoms with van der Waals surface area (Å²) in [5, 5.41) is 0. The Bertz CT molecular complexity index is 380. The van der Waals surface area contributed by atoms with Crippen LogP contribution in [-0.4, -0.2) is 43.5 Å². The molecule has 0 aliphatic carbocycles. The number of hydrogen-bond acceptors (Lipinski definition) is 4. The lowest BCUT2D eigenvalue weighted by Gasteiger charge is -2.29. The van der Waals surface area contributed by atoms with E-state index in [4.69, 9.17) is 16.3 Å². The van der Waals surface area contributed by atoms with Crippen LogP contribution in [0.5, 0.6) is 0 Å². The van der Waals surface area contributed by atoms with E-state index < -0.39 is 0 Å². The molecule has 0 amide bonds. The molecule has 1 heterocycles. The minimum Gasteiger partial charge on any atom is -0.383 e. The molecule has 0 spiro atoms. The number of carbonyl (C=O) groups excluding carboxylic acids is 1. The molecule has 3 nitrogen and oxygen atoms in total. The van der Waals surface area contributed by atoms with Crippen molar-refractivity contribution in [2.45, 2.75) is 25.9 Å². The van der Waals surface area contributed by atoms with E-state index >= 15 is 0 Å². The largest absolute Gasteiger partial charge is 0.383 e. The van der Waals surface area contributed by atoms with E-state index in [1.54, 1.807) is 19.2 Å². The maximum absolute atomic E-state index is 12.2. The van der Waals surface area contributed by atoms with E-state index in [2.05, 4.69) is 0 Å². The van der Waals surface area contributed by atoms with Gasteiger partial charge in [0.2, 0.25) is 0 Å². The molecule has 2 unspecified atom stereocenters. The van der Waals surface area contributed by atoms with Crippen LogP contribution < -0.4 is 0 Å². The Kier molecular flexibility index (Phi) is 5.59. The van der Waals surface area contributed by atoms with Crippen LogP contribution in [0.15, 0.2) is 12.1 Å². The number of thiophene rings is 1. The van der Waals surface area contributed by atoms with Crippen LogP contribution in [-0.2, 0) is 4.74 Å². The monoisotopic (exact) mass is 275 g/mol. The summed E-state index contributed by atoms with van der Waals surface area (Å²) in [4.78, 5) is 14.9. The van der Waals surface area contributed by atoms with Crippen molar-refractivity contribution in [2.24, 2.45) is 0 Å². The molecule has 1 aromatic heterocycles. The highest BCUT2D eigenvalue weighted by atomic mass is 35.5. The summed E-state index contributed by atoms with van der Waals surface area (Å²) in [6.07, 6.45) is 0. The van der Waals surface area contributed by atoms with Crippen molar-refractivity contribution in [3.8, 4) is 0 Å². The first-order chi connectivity index (χ1) is 7.97. The highest BCUT2D eigenvalue weighted by Crippen LogP contribution is 2.23. The molecule has 0 aliphatic heterocycles. The first-order valence-electron chi connectivity index (χ1n) is 5.47. The lowest BCUT2D eigenvalue weighted by molar-refractivity contribution is 0.0696. The van der Waals surface area contributed by atoms with Gasteiger partial charge in [-0.05, 0) is 33.0 Å². The predicted molar refractivity (Wildman–Crippen MR) is 72.2 cm³/mol. The summed E-state index contributed by atoms with van der Waals surface area (Å²) in [6.45, 7) is 4.55. The summed E-state index contributed by atoms with van der Waals surface area (Å²) in [5.41, 5.74) is 0. The molecular weight excluding hydrogens is 258 g/mol. The van der Waals surface area contributed by atoms with Crippen molar-refractivity contribution in [3.63, 3.8) is 0 Å². The topological polar surface area (TPSA) is 29.5 Å². The molecule has 96 valence electrons. The fraction of sp³-hybridized carbons (Fsp3) is 0.583. The lowest BCUT2D eigenvalue weighted by atomic mass is 10.1. The molecular formula is C12H18ClNO2S. The van der Waals surface area contributed by atoms with Gasteiger partial charge in [0.15, 0.2) is 5.78 Å². The average molecular weight is 276 g/mol. The second-order valence-electron chi connectivity index (χ2n) is 4.11. The van der Waals surface area contributed by atoms with Crippen LogP contribution in [0, 0.1) is 0 Å². The first-order valence-corrected chi connectivity index (χ1v) is 6.67. The van der Waals surface area contributed by atoms with Gasteiger partial charge >= 0.3 is 0 Å². The highest BCUT2D eigenvalue weighted by Gasteiger charge is 2.24. The van der Waals surface area contributed by atoms with Crippen LogP contribution in [0.3, 0.4) is 0 Å². The van der Waals surface area contributed by atoms with E-state index in [9.17, 15) is 4.79 Å². The molecule has 0 aliphatic rings. The van der Waals surface area contributed by atoms with Gasteiger partial charge in [-0.1, -0.05) is 11.6 Å². The zero-order valence-electron chi connectivity index (χ0n) is 10.6. The molecule has 0 bridgehead atoms. The third kappa shape index (κ3) is 3.78. The van der Waals surface area contributed by atoms with Gasteiger partial charge in [0, 0.05) is 13.2 Å². The fourth-order valence-corrected chi connectivity index (χ4v) is 2.64. The Hall–Kier alpha value is -0.420. The van der Waals surface area contributed by atoms with Gasteiger partial charge in [0.05, 0.1) is 21.9 Å². The second-order valence-corrected chi connectivity index (χ2v) is 5.83. The van der Waals surface area contributed by atoms with Crippen LogP contribution >= 0.6 is 22.9 Å². The Labute approximate surface area is 111 Å². The number of carbonyl (C=O) groups is 1. The van der Waals surface area contributed by atoms with Crippen molar-refractivity contribution in [1.29, 1.82) is 0 Å². The van der Waals surface area contributed by atoms with Crippen LogP contribution in [0.25, 0.3) is 0 Å². The molecule has 1 rings (SSSR count). The van der Waals surface area contributed by atoms with E-state index in [0.29, 0.717) is 15.8 Å². The van der Waals surface area contributed by atoms with E-state index in [1.165, 1.54) is 11.3 Å². The Morgan fingerprint density at radius 1 is 1.53 bits per heavy atom. The second kappa shape index (κ2) is 6.50. The minimum absolute atomic E-state index is 0.104. The van der Waals surface area contributed by atoms with Crippen molar-refractivity contribution >= 4 is 28.7 Å². The zero-order valence-corrected chi connectivity index (χ0v) is 12.1. The summed E-state index contributed by atoms with van der Waals surface area (Å²) in [7, 11) is 3.59. The number of likely N-dealkylation sites (N-methyl/N-ethyl adjacent to an activating group) is 1. The lowest BCUT2D eigenvalue weighted by Crippen LogP contribution is -2.43. The molecule has 0 saturated carbocycles. The molecule has 0 saturated heterocycles. The van der Waals surface area contributed by atoms with E-state index in [1.807, 2.05) is 25.8 Å². The van der Waals surface area contributed by atoms with Gasteiger partial charge in [-0.2, -0.15) is 0 Å². The molecule has 0 fully saturated rings. The van der Waals surface area contributed by atoms with Crippen molar-refractivity contribution < 1.29 is 9.53 Å². The normalized spacial score (nSPS) is 14.9. The van der Waals surface area contributed by atoms with Gasteiger partial charge in [-0.25, -0.2) is 0 Å². The molecule has 0 N–H and O–H groups in total. The number of halogens is 1. The van der Waals surface area contributed by atoms with Crippen molar-refractivity contribution in [1.82, 2.24) is 4.90 Å². The SMILES string of the molecule is COCC(C)N(C)C(C)C(=O)c1ccc(Cl)s1. The van der Waals surface area contributed by atoms with Gasteiger partial charge in [0.25, 0.3) is 0 Å². The highest BCUT2D eigenvalue weighted by molar-refractivity contribution is 7.18. The van der Waals surface area contributed by atoms with E-state index in [-0.39, 0.29) is 17.9 Å². The maximum atomic E-state index is 12.2. The third-order valence-corrected chi connectivity index (χ3v) is 4.16. The van der Waals surface area contributed by atoms with Gasteiger partial charge in [-0.3, -0.25) is 9.69 Å². The molecule has 5 heteroatoms. The standard InChI is InChI=1S/C12H18ClNO2S/c1-8(7-16-4)14(3)9(2)12(15)10-5-6-11(13)17-10/h5-6,8-9H,7H2,1-4H3. The molecule has 0 radical (unpaired) electrons. The Morgan fingerprint density at radius 2 is 2.18 bits per heavy atom. The molecule has 1 aromatic rings. The number of Topliss-reactive ketones (excluding diaryl/α,β-unsaturated/α-hetero) is 1. The smallest absolute Gasteiger partial charge is 0.189 e. The molecule has 2 atom stereocenters. The van der Waals surface area contributed by atoms with Crippen molar-refractivity contribution in [2.75, 3.05) is 20.8 Å². The number of hydrogen-bond donors (Lipinski definition) is 0. The van der Waals surface area contributed by atoms with Gasteiger partial charge in [-0.15, -0.1) is 11.3 Å². The van der Waals surface area contributed by atoms with Crippen molar-refractivity contribution in [3.05, 3.63) is 21.3 Å². The van der Waals surface area contributed by atoms with Crippen LogP contribution in [0.4, 0.5) is 0 Å². The van der Waals surface area contributed by atoms with Crippen LogP contribution in [0.1, 0.15) is 23.5 Å². The number of ether oxygens (including phenoxy) is 1. The number of ketones is 1. The fourth-order valence-electron chi connectivity index (χ4n) is 1.58. The summed E-state index contributed by atoms with van der Waals surface area (Å²) in [6, 6.07) is 3.56.